The first kappa shape index (κ1) is 14.7. The molecular formula is C13H22N2O3. The van der Waals surface area contributed by atoms with Gasteiger partial charge in [-0.1, -0.05) is 13.8 Å². The minimum absolute atomic E-state index is 0.0534. The molecule has 0 saturated heterocycles. The summed E-state index contributed by atoms with van der Waals surface area (Å²) < 4.78 is 6.84. The Hall–Kier alpha value is -1.33. The van der Waals surface area contributed by atoms with Crippen LogP contribution in [0.5, 0.6) is 0 Å². The molecule has 0 spiro atoms. The van der Waals surface area contributed by atoms with Crippen molar-refractivity contribution in [3.05, 3.63) is 24.0 Å². The number of methoxy groups -OCH3 is 1. The molecule has 18 heavy (non-hydrogen) atoms. The molecule has 1 atom stereocenters. The van der Waals surface area contributed by atoms with E-state index in [0.717, 1.165) is 0 Å². The van der Waals surface area contributed by atoms with Crippen LogP contribution in [-0.2, 0) is 11.3 Å². The predicted octanol–water partition coefficient (Wildman–Crippen LogP) is 0.881. The fourth-order valence-electron chi connectivity index (χ4n) is 1.67. The number of hydrogen-bond acceptors (Lipinski definition) is 3. The summed E-state index contributed by atoms with van der Waals surface area (Å²) in [7, 11) is 1.63. The van der Waals surface area contributed by atoms with Crippen LogP contribution in [0.3, 0.4) is 0 Å². The van der Waals surface area contributed by atoms with Gasteiger partial charge in [-0.3, -0.25) is 4.79 Å². The smallest absolute Gasteiger partial charge is 0.268 e. The summed E-state index contributed by atoms with van der Waals surface area (Å²) in [5.41, 5.74) is 0.589. The van der Waals surface area contributed by atoms with Gasteiger partial charge in [-0.25, -0.2) is 0 Å². The van der Waals surface area contributed by atoms with Crippen LogP contribution in [0.15, 0.2) is 18.3 Å². The second-order valence-corrected chi connectivity index (χ2v) is 4.59. The zero-order valence-electron chi connectivity index (χ0n) is 11.2. The molecule has 5 nitrogen and oxygen atoms in total. The van der Waals surface area contributed by atoms with Crippen molar-refractivity contribution in [2.24, 2.45) is 5.92 Å². The van der Waals surface area contributed by atoms with E-state index < -0.39 is 0 Å². The molecule has 102 valence electrons. The van der Waals surface area contributed by atoms with Gasteiger partial charge in [0.25, 0.3) is 5.91 Å². The SMILES string of the molecule is COCCn1cccc1C(=O)N[C@H](CO)C(C)C. The Morgan fingerprint density at radius 1 is 1.56 bits per heavy atom. The average Bonchev–Trinajstić information content (AvgIpc) is 2.80. The lowest BCUT2D eigenvalue weighted by molar-refractivity contribution is 0.0885. The third-order valence-electron chi connectivity index (χ3n) is 2.92. The summed E-state index contributed by atoms with van der Waals surface area (Å²) in [5.74, 6) is 0.0326. The maximum Gasteiger partial charge on any atom is 0.268 e. The maximum absolute atomic E-state index is 12.1. The van der Waals surface area contributed by atoms with Gasteiger partial charge in [0, 0.05) is 19.9 Å². The highest BCUT2D eigenvalue weighted by atomic mass is 16.5. The van der Waals surface area contributed by atoms with Gasteiger partial charge in [0.1, 0.15) is 5.69 Å². The van der Waals surface area contributed by atoms with Crippen LogP contribution in [0.25, 0.3) is 0 Å². The number of aliphatic hydroxyl groups excluding tert-OH is 1. The first-order valence-corrected chi connectivity index (χ1v) is 6.16. The summed E-state index contributed by atoms with van der Waals surface area (Å²) >= 11 is 0. The Morgan fingerprint density at radius 3 is 2.83 bits per heavy atom. The van der Waals surface area contributed by atoms with E-state index in [1.54, 1.807) is 13.2 Å². The molecule has 0 radical (unpaired) electrons. The fraction of sp³-hybridized carbons (Fsp3) is 0.615. The van der Waals surface area contributed by atoms with Gasteiger partial charge in [-0.05, 0) is 18.1 Å². The monoisotopic (exact) mass is 254 g/mol. The number of carbonyl (C=O) groups is 1. The van der Waals surface area contributed by atoms with E-state index in [2.05, 4.69) is 5.32 Å². The minimum atomic E-state index is -0.219. The summed E-state index contributed by atoms with van der Waals surface area (Å²) in [5, 5.41) is 12.0. The van der Waals surface area contributed by atoms with Crippen molar-refractivity contribution >= 4 is 5.91 Å². The average molecular weight is 254 g/mol. The lowest BCUT2D eigenvalue weighted by atomic mass is 10.1. The minimum Gasteiger partial charge on any atom is -0.394 e. The van der Waals surface area contributed by atoms with Crippen LogP contribution in [0.2, 0.25) is 0 Å². The Balaban J connectivity index is 2.68. The molecular weight excluding hydrogens is 232 g/mol. The molecule has 0 aliphatic rings. The molecule has 1 aromatic rings. The van der Waals surface area contributed by atoms with E-state index in [1.165, 1.54) is 0 Å². The number of ether oxygens (including phenoxy) is 1. The lowest BCUT2D eigenvalue weighted by Gasteiger charge is -2.20. The standard InChI is InChI=1S/C13H22N2O3/c1-10(2)11(9-16)14-13(17)12-5-4-6-15(12)7-8-18-3/h4-6,10-11,16H,7-9H2,1-3H3,(H,14,17)/t11-/m1/s1. The molecule has 0 aliphatic heterocycles. The second-order valence-electron chi connectivity index (χ2n) is 4.59. The van der Waals surface area contributed by atoms with Crippen LogP contribution >= 0.6 is 0 Å². The summed E-state index contributed by atoms with van der Waals surface area (Å²) in [6, 6.07) is 3.37. The molecule has 1 heterocycles. The molecule has 0 unspecified atom stereocenters. The molecule has 0 fully saturated rings. The zero-order chi connectivity index (χ0) is 13.5. The van der Waals surface area contributed by atoms with Crippen LogP contribution in [0.4, 0.5) is 0 Å². The van der Waals surface area contributed by atoms with Crippen LogP contribution in [-0.4, -0.2) is 41.9 Å². The van der Waals surface area contributed by atoms with Crippen LogP contribution in [0.1, 0.15) is 24.3 Å². The van der Waals surface area contributed by atoms with Gasteiger partial charge >= 0.3 is 0 Å². The highest BCUT2D eigenvalue weighted by molar-refractivity contribution is 5.92. The van der Waals surface area contributed by atoms with Crippen molar-refractivity contribution in [2.75, 3.05) is 20.3 Å². The van der Waals surface area contributed by atoms with Gasteiger partial charge in [0.2, 0.25) is 0 Å². The van der Waals surface area contributed by atoms with Gasteiger partial charge in [-0.2, -0.15) is 0 Å². The van der Waals surface area contributed by atoms with Crippen molar-refractivity contribution in [3.8, 4) is 0 Å². The largest absolute Gasteiger partial charge is 0.394 e. The van der Waals surface area contributed by atoms with Crippen molar-refractivity contribution < 1.29 is 14.6 Å². The number of rotatable bonds is 7. The van der Waals surface area contributed by atoms with Crippen LogP contribution in [0, 0.1) is 5.92 Å². The van der Waals surface area contributed by atoms with E-state index in [4.69, 9.17) is 4.74 Å². The number of hydrogen-bond donors (Lipinski definition) is 2. The van der Waals surface area contributed by atoms with Crippen molar-refractivity contribution in [1.29, 1.82) is 0 Å². The van der Waals surface area contributed by atoms with Crippen molar-refractivity contribution in [3.63, 3.8) is 0 Å². The summed E-state index contributed by atoms with van der Waals surface area (Å²) in [6.45, 7) is 5.07. The quantitative estimate of drug-likeness (QED) is 0.759. The Kier molecular flexibility index (Phi) is 5.88. The van der Waals surface area contributed by atoms with Crippen molar-refractivity contribution in [1.82, 2.24) is 9.88 Å². The number of amides is 1. The lowest BCUT2D eigenvalue weighted by Crippen LogP contribution is -2.41. The van der Waals surface area contributed by atoms with E-state index >= 15 is 0 Å². The number of nitrogens with zero attached hydrogens (tertiary/aromatic N) is 1. The Bertz CT molecular complexity index is 374. The first-order chi connectivity index (χ1) is 8.60. The molecule has 1 amide bonds. The highest BCUT2D eigenvalue weighted by Gasteiger charge is 2.18. The molecule has 0 saturated carbocycles. The highest BCUT2D eigenvalue weighted by Crippen LogP contribution is 2.06. The number of aliphatic hydroxyl groups is 1. The summed E-state index contributed by atoms with van der Waals surface area (Å²) in [4.78, 5) is 12.1. The maximum atomic E-state index is 12.1. The third kappa shape index (κ3) is 3.85. The second kappa shape index (κ2) is 7.18. The fourth-order valence-corrected chi connectivity index (χ4v) is 1.67. The van der Waals surface area contributed by atoms with E-state index in [-0.39, 0.29) is 24.5 Å². The number of aromatic nitrogens is 1. The molecule has 0 aromatic carbocycles. The van der Waals surface area contributed by atoms with Gasteiger partial charge in [0.15, 0.2) is 0 Å². The third-order valence-corrected chi connectivity index (χ3v) is 2.92. The normalized spacial score (nSPS) is 12.7. The Labute approximate surface area is 108 Å². The van der Waals surface area contributed by atoms with E-state index in [9.17, 15) is 9.90 Å². The first-order valence-electron chi connectivity index (χ1n) is 6.16. The van der Waals surface area contributed by atoms with Gasteiger partial charge < -0.3 is 19.7 Å². The zero-order valence-corrected chi connectivity index (χ0v) is 11.2. The van der Waals surface area contributed by atoms with Crippen molar-refractivity contribution in [2.45, 2.75) is 26.4 Å². The van der Waals surface area contributed by atoms with Gasteiger partial charge in [-0.15, -0.1) is 0 Å². The van der Waals surface area contributed by atoms with E-state index in [1.807, 2.05) is 30.7 Å². The summed E-state index contributed by atoms with van der Waals surface area (Å²) in [6.07, 6.45) is 1.84. The number of carbonyl (C=O) groups excluding carboxylic acids is 1. The molecule has 2 N–H and O–H groups in total. The molecule has 0 aliphatic carbocycles. The van der Waals surface area contributed by atoms with Gasteiger partial charge in [0.05, 0.1) is 19.3 Å². The van der Waals surface area contributed by atoms with E-state index in [0.29, 0.717) is 18.8 Å². The molecule has 5 heteroatoms. The molecule has 0 bridgehead atoms. The topological polar surface area (TPSA) is 63.5 Å². The molecule has 1 aromatic heterocycles. The molecule has 1 rings (SSSR count). The predicted molar refractivity (Wildman–Crippen MR) is 69.5 cm³/mol. The number of nitrogens with one attached hydrogen (secondary N) is 1. The van der Waals surface area contributed by atoms with Crippen LogP contribution < -0.4 is 5.32 Å². The Morgan fingerprint density at radius 2 is 2.28 bits per heavy atom.